The summed E-state index contributed by atoms with van der Waals surface area (Å²) in [5.74, 6) is 0.769. The van der Waals surface area contributed by atoms with Crippen LogP contribution in [-0.2, 0) is 0 Å². The molecular formula is C9H14N2. The van der Waals surface area contributed by atoms with Crippen molar-refractivity contribution in [1.82, 2.24) is 4.90 Å². The van der Waals surface area contributed by atoms with Crippen LogP contribution in [0.2, 0.25) is 0 Å². The van der Waals surface area contributed by atoms with E-state index in [-0.39, 0.29) is 0 Å². The van der Waals surface area contributed by atoms with E-state index in [0.29, 0.717) is 6.42 Å². The molecule has 2 nitrogen and oxygen atoms in total. The maximum atomic E-state index is 8.43. The Hall–Kier alpha value is -0.970. The number of likely N-dealkylation sites (tertiary alicyclic amines) is 1. The van der Waals surface area contributed by atoms with Gasteiger partial charge in [0.05, 0.1) is 12.5 Å². The van der Waals surface area contributed by atoms with Gasteiger partial charge in [-0.25, -0.2) is 0 Å². The molecule has 1 saturated heterocycles. The van der Waals surface area contributed by atoms with E-state index < -0.39 is 0 Å². The maximum Gasteiger partial charge on any atom is 0.0745 e. The molecule has 0 amide bonds. The summed E-state index contributed by atoms with van der Waals surface area (Å²) in [6, 6.07) is 2.12. The second kappa shape index (κ2) is 3.43. The zero-order valence-corrected chi connectivity index (χ0v) is 7.01. The number of nitrogens with zero attached hydrogens (tertiary/aromatic N) is 2. The van der Waals surface area contributed by atoms with Crippen molar-refractivity contribution in [3.63, 3.8) is 0 Å². The second-order valence-electron chi connectivity index (χ2n) is 3.24. The van der Waals surface area contributed by atoms with Crippen molar-refractivity contribution in [1.29, 1.82) is 5.26 Å². The van der Waals surface area contributed by atoms with E-state index in [1.54, 1.807) is 0 Å². The lowest BCUT2D eigenvalue weighted by Gasteiger charge is -2.18. The summed E-state index contributed by atoms with van der Waals surface area (Å²) in [4.78, 5) is 2.22. The van der Waals surface area contributed by atoms with Gasteiger partial charge in [-0.05, 0) is 12.3 Å². The molecule has 1 unspecified atom stereocenters. The predicted octanol–water partition coefficient (Wildman–Crippen LogP) is 1.76. The summed E-state index contributed by atoms with van der Waals surface area (Å²) in [7, 11) is 0. The molecule has 1 atom stereocenters. The molecule has 1 aliphatic rings. The predicted molar refractivity (Wildman–Crippen MR) is 44.7 cm³/mol. The highest BCUT2D eigenvalue weighted by atomic mass is 15.2. The number of nitriles is 1. The Balaban J connectivity index is 2.38. The Bertz CT molecular complexity index is 190. The van der Waals surface area contributed by atoms with Gasteiger partial charge >= 0.3 is 0 Å². The van der Waals surface area contributed by atoms with Crippen molar-refractivity contribution in [2.45, 2.75) is 19.8 Å². The summed E-state index contributed by atoms with van der Waals surface area (Å²) in [6.45, 7) is 8.27. The number of hydrogen-bond donors (Lipinski definition) is 0. The minimum atomic E-state index is 0.479. The Morgan fingerprint density at radius 1 is 1.82 bits per heavy atom. The van der Waals surface area contributed by atoms with Gasteiger partial charge in [0, 0.05) is 18.8 Å². The van der Waals surface area contributed by atoms with Crippen LogP contribution in [0, 0.1) is 17.2 Å². The summed E-state index contributed by atoms with van der Waals surface area (Å²) < 4.78 is 0. The van der Waals surface area contributed by atoms with E-state index in [1.807, 2.05) is 0 Å². The van der Waals surface area contributed by atoms with Gasteiger partial charge in [-0.1, -0.05) is 13.5 Å². The molecule has 0 aromatic rings. The topological polar surface area (TPSA) is 27.0 Å². The highest BCUT2D eigenvalue weighted by Crippen LogP contribution is 2.19. The van der Waals surface area contributed by atoms with E-state index >= 15 is 0 Å². The van der Waals surface area contributed by atoms with Gasteiger partial charge in [-0.2, -0.15) is 5.26 Å². The van der Waals surface area contributed by atoms with Crippen LogP contribution in [0.5, 0.6) is 0 Å². The third-order valence-electron chi connectivity index (χ3n) is 2.15. The molecule has 0 aliphatic carbocycles. The fourth-order valence-corrected chi connectivity index (χ4v) is 1.43. The standard InChI is InChI=1S/C9H14N2/c1-8-4-6-11(7-8)9(2)3-5-10/h8H,2-4,6-7H2,1H3. The largest absolute Gasteiger partial charge is 0.374 e. The lowest BCUT2D eigenvalue weighted by Crippen LogP contribution is -2.18. The lowest BCUT2D eigenvalue weighted by molar-refractivity contribution is 0.406. The molecule has 11 heavy (non-hydrogen) atoms. The van der Waals surface area contributed by atoms with E-state index in [9.17, 15) is 0 Å². The van der Waals surface area contributed by atoms with Crippen LogP contribution >= 0.6 is 0 Å². The highest BCUT2D eigenvalue weighted by Gasteiger charge is 2.18. The number of hydrogen-bond acceptors (Lipinski definition) is 2. The van der Waals surface area contributed by atoms with Gasteiger partial charge in [0.25, 0.3) is 0 Å². The average molecular weight is 150 g/mol. The molecule has 0 bridgehead atoms. The molecule has 0 N–H and O–H groups in total. The second-order valence-corrected chi connectivity index (χ2v) is 3.24. The van der Waals surface area contributed by atoms with E-state index in [4.69, 9.17) is 5.26 Å². The Morgan fingerprint density at radius 3 is 3.00 bits per heavy atom. The molecule has 1 heterocycles. The van der Waals surface area contributed by atoms with Gasteiger partial charge in [0.2, 0.25) is 0 Å². The van der Waals surface area contributed by atoms with Gasteiger partial charge < -0.3 is 4.90 Å². The fourth-order valence-electron chi connectivity index (χ4n) is 1.43. The Labute approximate surface area is 68.1 Å². The highest BCUT2D eigenvalue weighted by molar-refractivity contribution is 5.03. The van der Waals surface area contributed by atoms with Crippen molar-refractivity contribution < 1.29 is 0 Å². The first-order valence-corrected chi connectivity index (χ1v) is 4.03. The van der Waals surface area contributed by atoms with Crippen LogP contribution in [0.1, 0.15) is 19.8 Å². The molecule has 1 aliphatic heterocycles. The number of rotatable bonds is 2. The molecule has 0 saturated carbocycles. The zero-order chi connectivity index (χ0) is 8.27. The molecule has 1 rings (SSSR count). The Kier molecular flexibility index (Phi) is 2.53. The normalized spacial score (nSPS) is 23.3. The first kappa shape index (κ1) is 8.13. The van der Waals surface area contributed by atoms with Gasteiger partial charge in [0.1, 0.15) is 0 Å². The van der Waals surface area contributed by atoms with Crippen LogP contribution in [0.4, 0.5) is 0 Å². The van der Waals surface area contributed by atoms with Crippen molar-refractivity contribution in [3.8, 4) is 6.07 Å². The summed E-state index contributed by atoms with van der Waals surface area (Å²) in [5.41, 5.74) is 0.983. The fraction of sp³-hybridized carbons (Fsp3) is 0.667. The zero-order valence-electron chi connectivity index (χ0n) is 7.01. The molecule has 0 spiro atoms. The molecule has 0 radical (unpaired) electrons. The molecule has 1 fully saturated rings. The Morgan fingerprint density at radius 2 is 2.55 bits per heavy atom. The monoisotopic (exact) mass is 150 g/mol. The third-order valence-corrected chi connectivity index (χ3v) is 2.15. The maximum absolute atomic E-state index is 8.43. The lowest BCUT2D eigenvalue weighted by atomic mass is 10.2. The van der Waals surface area contributed by atoms with Gasteiger partial charge in [-0.15, -0.1) is 0 Å². The minimum Gasteiger partial charge on any atom is -0.374 e. The van der Waals surface area contributed by atoms with Gasteiger partial charge in [0.15, 0.2) is 0 Å². The smallest absolute Gasteiger partial charge is 0.0745 e. The van der Waals surface area contributed by atoms with Crippen LogP contribution in [0.3, 0.4) is 0 Å². The van der Waals surface area contributed by atoms with Crippen LogP contribution in [0.15, 0.2) is 12.3 Å². The first-order chi connectivity index (χ1) is 5.24. The molecular weight excluding hydrogens is 136 g/mol. The molecule has 0 aromatic carbocycles. The average Bonchev–Trinajstić information content (AvgIpc) is 2.36. The summed E-state index contributed by atoms with van der Waals surface area (Å²) >= 11 is 0. The van der Waals surface area contributed by atoms with Crippen molar-refractivity contribution in [2.75, 3.05) is 13.1 Å². The SMILES string of the molecule is C=C(CC#N)N1CCC(C)C1. The van der Waals surface area contributed by atoms with Crippen LogP contribution < -0.4 is 0 Å². The van der Waals surface area contributed by atoms with E-state index in [0.717, 1.165) is 24.7 Å². The van der Waals surface area contributed by atoms with Crippen molar-refractivity contribution >= 4 is 0 Å². The number of allylic oxidation sites excluding steroid dienone is 1. The third kappa shape index (κ3) is 1.98. The van der Waals surface area contributed by atoms with Crippen molar-refractivity contribution in [3.05, 3.63) is 12.3 Å². The van der Waals surface area contributed by atoms with Crippen LogP contribution in [-0.4, -0.2) is 18.0 Å². The molecule has 0 aromatic heterocycles. The van der Waals surface area contributed by atoms with Crippen LogP contribution in [0.25, 0.3) is 0 Å². The van der Waals surface area contributed by atoms with Gasteiger partial charge in [-0.3, -0.25) is 0 Å². The van der Waals surface area contributed by atoms with Crippen molar-refractivity contribution in [2.24, 2.45) is 5.92 Å². The van der Waals surface area contributed by atoms with E-state index in [2.05, 4.69) is 24.5 Å². The first-order valence-electron chi connectivity index (χ1n) is 4.03. The quantitative estimate of drug-likeness (QED) is 0.599. The molecule has 2 heteroatoms. The van der Waals surface area contributed by atoms with E-state index in [1.165, 1.54) is 6.42 Å². The molecule has 60 valence electrons. The summed E-state index contributed by atoms with van der Waals surface area (Å²) in [6.07, 6.45) is 1.72. The summed E-state index contributed by atoms with van der Waals surface area (Å²) in [5, 5.41) is 8.43. The minimum absolute atomic E-state index is 0.479.